The van der Waals surface area contributed by atoms with Gasteiger partial charge in [-0.05, 0) is 54.0 Å². The topological polar surface area (TPSA) is 77.6 Å². The van der Waals surface area contributed by atoms with Crippen LogP contribution in [0.1, 0.15) is 23.2 Å². The van der Waals surface area contributed by atoms with Crippen LogP contribution < -0.4 is 0 Å². The maximum atomic E-state index is 13.0. The summed E-state index contributed by atoms with van der Waals surface area (Å²) in [6, 6.07) is 17.7. The lowest BCUT2D eigenvalue weighted by Crippen LogP contribution is -2.31. The molecule has 0 aliphatic rings. The van der Waals surface area contributed by atoms with Crippen molar-refractivity contribution in [2.45, 2.75) is 19.5 Å². The first kappa shape index (κ1) is 24.2. The van der Waals surface area contributed by atoms with Crippen molar-refractivity contribution < 1.29 is 14.5 Å². The van der Waals surface area contributed by atoms with E-state index >= 15 is 0 Å². The lowest BCUT2D eigenvalue weighted by atomic mass is 10.2. The van der Waals surface area contributed by atoms with Crippen LogP contribution in [0.5, 0.6) is 0 Å². The number of hydrogen-bond acceptors (Lipinski definition) is 4. The number of amides is 1. The fourth-order valence-corrected chi connectivity index (χ4v) is 3.60. The van der Waals surface area contributed by atoms with Crippen molar-refractivity contribution in [3.05, 3.63) is 105 Å². The molecule has 1 aromatic heterocycles. The lowest BCUT2D eigenvalue weighted by molar-refractivity contribution is -0.384. The van der Waals surface area contributed by atoms with E-state index < -0.39 is 4.92 Å². The standard InChI is InChI=1S/C25H26ClN3O4/c1-33-17-5-16-28(25(30)14-11-20-9-12-22(13-10-20)29(31)32)19-23-7-4-15-27(23)18-21-6-2-3-8-24(21)26/h2-4,6-15H,5,16-19H2,1H3/b14-11+. The number of non-ortho nitro benzene ring substituents is 1. The van der Waals surface area contributed by atoms with E-state index in [1.807, 2.05) is 42.6 Å². The molecule has 3 aromatic rings. The summed E-state index contributed by atoms with van der Waals surface area (Å²) in [5.74, 6) is -0.144. The molecule has 0 fully saturated rings. The van der Waals surface area contributed by atoms with Crippen molar-refractivity contribution in [3.63, 3.8) is 0 Å². The largest absolute Gasteiger partial charge is 0.385 e. The highest BCUT2D eigenvalue weighted by atomic mass is 35.5. The number of aromatic nitrogens is 1. The van der Waals surface area contributed by atoms with E-state index in [-0.39, 0.29) is 11.6 Å². The monoisotopic (exact) mass is 467 g/mol. The molecule has 0 spiro atoms. The van der Waals surface area contributed by atoms with Crippen LogP contribution in [0.15, 0.2) is 72.9 Å². The molecule has 2 aromatic carbocycles. The number of halogens is 1. The molecular weight excluding hydrogens is 442 g/mol. The number of methoxy groups -OCH3 is 1. The number of benzene rings is 2. The first-order chi connectivity index (χ1) is 16.0. The van der Waals surface area contributed by atoms with Gasteiger partial charge in [0, 0.05) is 61.9 Å². The number of ether oxygens (including phenoxy) is 1. The Hall–Kier alpha value is -3.42. The van der Waals surface area contributed by atoms with E-state index in [1.54, 1.807) is 30.2 Å². The molecular formula is C25H26ClN3O4. The van der Waals surface area contributed by atoms with Gasteiger partial charge < -0.3 is 14.2 Å². The molecule has 7 nitrogen and oxygen atoms in total. The Balaban J connectivity index is 1.73. The van der Waals surface area contributed by atoms with Gasteiger partial charge in [0.1, 0.15) is 0 Å². The van der Waals surface area contributed by atoms with Crippen LogP contribution >= 0.6 is 11.6 Å². The van der Waals surface area contributed by atoms with Crippen LogP contribution in [0.25, 0.3) is 6.08 Å². The molecule has 0 bridgehead atoms. The Labute approximate surface area is 198 Å². The van der Waals surface area contributed by atoms with Crippen molar-refractivity contribution in [3.8, 4) is 0 Å². The number of nitro groups is 1. The second-order valence-electron chi connectivity index (χ2n) is 7.51. The van der Waals surface area contributed by atoms with Crippen molar-refractivity contribution in [1.82, 2.24) is 9.47 Å². The summed E-state index contributed by atoms with van der Waals surface area (Å²) in [6.07, 6.45) is 5.84. The molecule has 0 aliphatic heterocycles. The molecule has 0 saturated heterocycles. The molecule has 0 radical (unpaired) electrons. The van der Waals surface area contributed by atoms with Gasteiger partial charge >= 0.3 is 0 Å². The predicted molar refractivity (Wildman–Crippen MR) is 129 cm³/mol. The van der Waals surface area contributed by atoms with Crippen molar-refractivity contribution in [2.75, 3.05) is 20.3 Å². The zero-order chi connectivity index (χ0) is 23.6. The average molecular weight is 468 g/mol. The van der Waals surface area contributed by atoms with Gasteiger partial charge in [-0.25, -0.2) is 0 Å². The summed E-state index contributed by atoms with van der Waals surface area (Å²) in [6.45, 7) is 2.14. The maximum Gasteiger partial charge on any atom is 0.269 e. The zero-order valence-electron chi connectivity index (χ0n) is 18.4. The Morgan fingerprint density at radius 3 is 2.61 bits per heavy atom. The molecule has 3 rings (SSSR count). The van der Waals surface area contributed by atoms with E-state index in [9.17, 15) is 14.9 Å². The van der Waals surface area contributed by atoms with Crippen LogP contribution in [0.4, 0.5) is 5.69 Å². The first-order valence-corrected chi connectivity index (χ1v) is 10.9. The summed E-state index contributed by atoms with van der Waals surface area (Å²) in [7, 11) is 1.63. The van der Waals surface area contributed by atoms with Gasteiger partial charge in [-0.2, -0.15) is 0 Å². The molecule has 33 heavy (non-hydrogen) atoms. The normalized spacial score (nSPS) is 11.1. The highest BCUT2D eigenvalue weighted by Crippen LogP contribution is 2.19. The minimum Gasteiger partial charge on any atom is -0.385 e. The third-order valence-corrected chi connectivity index (χ3v) is 5.55. The van der Waals surface area contributed by atoms with Gasteiger partial charge in [0.05, 0.1) is 11.5 Å². The maximum absolute atomic E-state index is 13.0. The SMILES string of the molecule is COCCCN(Cc1cccn1Cc1ccccc1Cl)C(=O)/C=C/c1ccc([N+](=O)[O-])cc1. The number of hydrogen-bond donors (Lipinski definition) is 0. The fraction of sp³-hybridized carbons (Fsp3) is 0.240. The van der Waals surface area contributed by atoms with E-state index in [0.717, 1.165) is 11.3 Å². The number of nitro benzene ring substituents is 1. The molecule has 0 aliphatic carbocycles. The molecule has 0 saturated carbocycles. The van der Waals surface area contributed by atoms with Crippen molar-refractivity contribution in [1.29, 1.82) is 0 Å². The van der Waals surface area contributed by atoms with E-state index in [2.05, 4.69) is 4.57 Å². The van der Waals surface area contributed by atoms with E-state index in [1.165, 1.54) is 18.2 Å². The van der Waals surface area contributed by atoms with Gasteiger partial charge in [0.15, 0.2) is 0 Å². The Bertz CT molecular complexity index is 1110. The quantitative estimate of drug-likeness (QED) is 0.168. The summed E-state index contributed by atoms with van der Waals surface area (Å²) in [5.41, 5.74) is 2.73. The number of nitrogens with zero attached hydrogens (tertiary/aromatic N) is 3. The Morgan fingerprint density at radius 1 is 1.15 bits per heavy atom. The predicted octanol–water partition coefficient (Wildman–Crippen LogP) is 5.18. The summed E-state index contributed by atoms with van der Waals surface area (Å²) in [5, 5.41) is 11.5. The molecule has 1 heterocycles. The third-order valence-electron chi connectivity index (χ3n) is 5.19. The highest BCUT2D eigenvalue weighted by Gasteiger charge is 2.14. The van der Waals surface area contributed by atoms with Crippen LogP contribution in [0.2, 0.25) is 5.02 Å². The lowest BCUT2D eigenvalue weighted by Gasteiger charge is -2.22. The van der Waals surface area contributed by atoms with Crippen LogP contribution in [-0.2, 0) is 22.6 Å². The molecule has 8 heteroatoms. The van der Waals surface area contributed by atoms with Gasteiger partial charge in [0.2, 0.25) is 5.91 Å². The fourth-order valence-electron chi connectivity index (χ4n) is 3.40. The minimum absolute atomic E-state index is 0.0129. The Kier molecular flexibility index (Phi) is 8.80. The van der Waals surface area contributed by atoms with Gasteiger partial charge in [-0.1, -0.05) is 29.8 Å². The molecule has 172 valence electrons. The van der Waals surface area contributed by atoms with Crippen LogP contribution in [-0.4, -0.2) is 40.6 Å². The number of carbonyl (C=O) groups excluding carboxylic acids is 1. The highest BCUT2D eigenvalue weighted by molar-refractivity contribution is 6.31. The first-order valence-electron chi connectivity index (χ1n) is 10.6. The second-order valence-corrected chi connectivity index (χ2v) is 7.91. The van der Waals surface area contributed by atoms with Gasteiger partial charge in [-0.3, -0.25) is 14.9 Å². The second kappa shape index (κ2) is 12.0. The van der Waals surface area contributed by atoms with Crippen LogP contribution in [0.3, 0.4) is 0 Å². The minimum atomic E-state index is -0.450. The average Bonchev–Trinajstić information content (AvgIpc) is 3.25. The molecule has 0 atom stereocenters. The smallest absolute Gasteiger partial charge is 0.269 e. The number of carbonyl (C=O) groups is 1. The summed E-state index contributed by atoms with van der Waals surface area (Å²) in [4.78, 5) is 25.1. The van der Waals surface area contributed by atoms with Gasteiger partial charge in [-0.15, -0.1) is 0 Å². The summed E-state index contributed by atoms with van der Waals surface area (Å²) < 4.78 is 7.23. The van der Waals surface area contributed by atoms with Crippen LogP contribution in [0, 0.1) is 10.1 Å². The van der Waals surface area contributed by atoms with E-state index in [0.29, 0.717) is 43.2 Å². The van der Waals surface area contributed by atoms with Crippen molar-refractivity contribution >= 4 is 29.3 Å². The summed E-state index contributed by atoms with van der Waals surface area (Å²) >= 11 is 6.32. The molecule has 0 N–H and O–H groups in total. The molecule has 0 unspecified atom stereocenters. The van der Waals surface area contributed by atoms with Gasteiger partial charge in [0.25, 0.3) is 5.69 Å². The number of rotatable bonds is 11. The molecule has 1 amide bonds. The van der Waals surface area contributed by atoms with Crippen molar-refractivity contribution in [2.24, 2.45) is 0 Å². The zero-order valence-corrected chi connectivity index (χ0v) is 19.1. The Morgan fingerprint density at radius 2 is 1.91 bits per heavy atom. The third kappa shape index (κ3) is 7.03. The van der Waals surface area contributed by atoms with E-state index in [4.69, 9.17) is 16.3 Å².